The molecule has 0 atom stereocenters. The zero-order valence-corrected chi connectivity index (χ0v) is 12.7. The van der Waals surface area contributed by atoms with Crippen molar-refractivity contribution in [2.45, 2.75) is 18.0 Å². The first-order valence-corrected chi connectivity index (χ1v) is 8.26. The monoisotopic (exact) mass is 333 g/mol. The predicted molar refractivity (Wildman–Crippen MR) is 75.0 cm³/mol. The topological polar surface area (TPSA) is 76.3 Å². The number of thiazole rings is 1. The van der Waals surface area contributed by atoms with Gasteiger partial charge in [-0.1, -0.05) is 0 Å². The molecule has 0 fully saturated rings. The van der Waals surface area contributed by atoms with Gasteiger partial charge in [0.05, 0.1) is 17.7 Å². The molecule has 9 heteroatoms. The second-order valence-electron chi connectivity index (χ2n) is 4.28. The molecular formula is C12H13F2N3O2S2. The fourth-order valence-corrected chi connectivity index (χ4v) is 3.54. The summed E-state index contributed by atoms with van der Waals surface area (Å²) in [6.45, 7) is -0.419. The predicted octanol–water partition coefficient (Wildman–Crippen LogP) is 1.70. The number of nitrogens with zero attached hydrogens (tertiary/aromatic N) is 2. The van der Waals surface area contributed by atoms with E-state index in [1.165, 1.54) is 18.4 Å². The molecule has 2 N–H and O–H groups in total. The number of aromatic nitrogens is 1. The largest absolute Gasteiger partial charge is 0.326 e. The van der Waals surface area contributed by atoms with E-state index in [1.807, 2.05) is 0 Å². The molecule has 0 saturated heterocycles. The molecule has 0 spiro atoms. The highest BCUT2D eigenvalue weighted by atomic mass is 32.2. The number of nitrogens with two attached hydrogens (primary N) is 1. The van der Waals surface area contributed by atoms with Crippen molar-refractivity contribution >= 4 is 21.4 Å². The Labute approximate surface area is 125 Å². The Hall–Kier alpha value is -1.42. The van der Waals surface area contributed by atoms with E-state index in [2.05, 4.69) is 4.98 Å². The van der Waals surface area contributed by atoms with E-state index in [0.717, 1.165) is 16.4 Å². The summed E-state index contributed by atoms with van der Waals surface area (Å²) in [4.78, 5) is 3.38. The molecule has 0 aliphatic carbocycles. The summed E-state index contributed by atoms with van der Waals surface area (Å²) < 4.78 is 53.2. The maximum atomic E-state index is 14.1. The number of hydrogen-bond acceptors (Lipinski definition) is 5. The summed E-state index contributed by atoms with van der Waals surface area (Å²) in [5.74, 6) is -2.02. The summed E-state index contributed by atoms with van der Waals surface area (Å²) >= 11 is 1.33. The van der Waals surface area contributed by atoms with Crippen LogP contribution in [0, 0.1) is 11.6 Å². The van der Waals surface area contributed by atoms with Gasteiger partial charge in [0.2, 0.25) is 10.0 Å². The number of halogens is 2. The summed E-state index contributed by atoms with van der Waals surface area (Å²) in [7, 11) is -2.79. The molecule has 1 aromatic heterocycles. The Morgan fingerprint density at radius 2 is 2.10 bits per heavy atom. The molecule has 5 nitrogen and oxygen atoms in total. The van der Waals surface area contributed by atoms with Gasteiger partial charge in [-0.15, -0.1) is 11.3 Å². The highest BCUT2D eigenvalue weighted by Crippen LogP contribution is 2.24. The van der Waals surface area contributed by atoms with Crippen LogP contribution in [0.1, 0.15) is 11.3 Å². The number of rotatable bonds is 5. The van der Waals surface area contributed by atoms with Crippen molar-refractivity contribution < 1.29 is 17.2 Å². The molecule has 0 amide bonds. The quantitative estimate of drug-likeness (QED) is 0.903. The minimum absolute atomic E-state index is 0.000603. The minimum atomic E-state index is -4.09. The molecular weight excluding hydrogens is 320 g/mol. The first-order valence-electron chi connectivity index (χ1n) is 5.88. The van der Waals surface area contributed by atoms with Crippen molar-refractivity contribution in [3.63, 3.8) is 0 Å². The maximum absolute atomic E-state index is 14.1. The Morgan fingerprint density at radius 3 is 2.67 bits per heavy atom. The summed E-state index contributed by atoms with van der Waals surface area (Å²) in [5.41, 5.74) is 6.93. The third-order valence-corrected chi connectivity index (χ3v) is 5.37. The first kappa shape index (κ1) is 16.0. The molecule has 114 valence electrons. The fourth-order valence-electron chi connectivity index (χ4n) is 1.76. The molecule has 1 aromatic carbocycles. The maximum Gasteiger partial charge on any atom is 0.246 e. The van der Waals surface area contributed by atoms with Gasteiger partial charge in [0.15, 0.2) is 5.82 Å². The van der Waals surface area contributed by atoms with Crippen LogP contribution in [0.5, 0.6) is 0 Å². The third kappa shape index (κ3) is 3.10. The SMILES string of the molecule is CN(Cc1cscn1)S(=O)(=O)c1ccc(F)c(CN)c1F. The van der Waals surface area contributed by atoms with E-state index in [-0.39, 0.29) is 6.54 Å². The zero-order valence-electron chi connectivity index (χ0n) is 11.1. The van der Waals surface area contributed by atoms with Crippen LogP contribution in [0.25, 0.3) is 0 Å². The first-order chi connectivity index (χ1) is 9.87. The van der Waals surface area contributed by atoms with E-state index in [9.17, 15) is 17.2 Å². The van der Waals surface area contributed by atoms with Crippen LogP contribution in [0.15, 0.2) is 27.9 Å². The summed E-state index contributed by atoms with van der Waals surface area (Å²) in [6.07, 6.45) is 0. The second-order valence-corrected chi connectivity index (χ2v) is 7.02. The Morgan fingerprint density at radius 1 is 1.38 bits per heavy atom. The average molecular weight is 333 g/mol. The summed E-state index contributed by atoms with van der Waals surface area (Å²) in [6, 6.07) is 1.80. The number of sulfonamides is 1. The van der Waals surface area contributed by atoms with Crippen molar-refractivity contribution in [3.8, 4) is 0 Å². The van der Waals surface area contributed by atoms with Gasteiger partial charge in [0.1, 0.15) is 10.7 Å². The Balaban J connectivity index is 2.40. The van der Waals surface area contributed by atoms with Crippen molar-refractivity contribution in [1.82, 2.24) is 9.29 Å². The van der Waals surface area contributed by atoms with Crippen LogP contribution in [-0.4, -0.2) is 24.8 Å². The lowest BCUT2D eigenvalue weighted by atomic mass is 10.2. The molecule has 1 heterocycles. The van der Waals surface area contributed by atoms with Crippen LogP contribution in [0.2, 0.25) is 0 Å². The van der Waals surface area contributed by atoms with Crippen LogP contribution in [-0.2, 0) is 23.1 Å². The molecule has 21 heavy (non-hydrogen) atoms. The zero-order chi connectivity index (χ0) is 15.6. The molecule has 0 aliphatic rings. The molecule has 0 saturated carbocycles. The Kier molecular flexibility index (Phi) is 4.67. The minimum Gasteiger partial charge on any atom is -0.326 e. The van der Waals surface area contributed by atoms with E-state index in [0.29, 0.717) is 5.69 Å². The summed E-state index contributed by atoms with van der Waals surface area (Å²) in [5, 5.41) is 1.69. The molecule has 0 radical (unpaired) electrons. The highest BCUT2D eigenvalue weighted by molar-refractivity contribution is 7.89. The average Bonchev–Trinajstić information content (AvgIpc) is 2.91. The van der Waals surface area contributed by atoms with Crippen molar-refractivity contribution in [2.75, 3.05) is 7.05 Å². The normalized spacial score (nSPS) is 12.0. The van der Waals surface area contributed by atoms with Gasteiger partial charge >= 0.3 is 0 Å². The van der Waals surface area contributed by atoms with Gasteiger partial charge in [0, 0.05) is 24.5 Å². The van der Waals surface area contributed by atoms with Crippen LogP contribution in [0.3, 0.4) is 0 Å². The smallest absolute Gasteiger partial charge is 0.246 e. The van der Waals surface area contributed by atoms with Gasteiger partial charge < -0.3 is 5.73 Å². The van der Waals surface area contributed by atoms with Crippen LogP contribution >= 0.6 is 11.3 Å². The third-order valence-electron chi connectivity index (χ3n) is 2.91. The molecule has 0 bridgehead atoms. The number of benzene rings is 1. The number of hydrogen-bond donors (Lipinski definition) is 1. The molecule has 0 aliphatic heterocycles. The second kappa shape index (κ2) is 6.14. The molecule has 0 unspecified atom stereocenters. The van der Waals surface area contributed by atoms with Crippen LogP contribution < -0.4 is 5.73 Å². The van der Waals surface area contributed by atoms with Crippen molar-refractivity contribution in [3.05, 3.63) is 45.9 Å². The van der Waals surface area contributed by atoms with Gasteiger partial charge in [-0.25, -0.2) is 22.2 Å². The van der Waals surface area contributed by atoms with Gasteiger partial charge in [-0.3, -0.25) is 0 Å². The van der Waals surface area contributed by atoms with E-state index in [1.54, 1.807) is 10.9 Å². The van der Waals surface area contributed by atoms with Crippen molar-refractivity contribution in [1.29, 1.82) is 0 Å². The molecule has 2 rings (SSSR count). The van der Waals surface area contributed by atoms with Gasteiger partial charge in [-0.2, -0.15) is 4.31 Å². The standard InChI is InChI=1S/C12H13F2N3O2S2/c1-17(5-8-6-20-7-16-8)21(18,19)11-3-2-10(13)9(4-15)12(11)14/h2-3,6-7H,4-5,15H2,1H3. The Bertz CT molecular complexity index is 733. The highest BCUT2D eigenvalue weighted by Gasteiger charge is 2.27. The lowest BCUT2D eigenvalue weighted by Crippen LogP contribution is -2.28. The van der Waals surface area contributed by atoms with Crippen molar-refractivity contribution in [2.24, 2.45) is 5.73 Å². The fraction of sp³-hybridized carbons (Fsp3) is 0.250. The lowest BCUT2D eigenvalue weighted by Gasteiger charge is -2.17. The van der Waals surface area contributed by atoms with E-state index < -0.39 is 38.7 Å². The van der Waals surface area contributed by atoms with Crippen LogP contribution in [0.4, 0.5) is 8.78 Å². The van der Waals surface area contributed by atoms with Gasteiger partial charge in [0.25, 0.3) is 0 Å². The van der Waals surface area contributed by atoms with E-state index >= 15 is 0 Å². The van der Waals surface area contributed by atoms with Gasteiger partial charge in [-0.05, 0) is 12.1 Å². The van der Waals surface area contributed by atoms with E-state index in [4.69, 9.17) is 5.73 Å². The molecule has 2 aromatic rings. The lowest BCUT2D eigenvalue weighted by molar-refractivity contribution is 0.453.